The van der Waals surface area contributed by atoms with Gasteiger partial charge < -0.3 is 16.5 Å². The summed E-state index contributed by atoms with van der Waals surface area (Å²) in [6.07, 6.45) is 3.09. The summed E-state index contributed by atoms with van der Waals surface area (Å²) in [7, 11) is 1.90. The molecule has 4 nitrogen and oxygen atoms in total. The van der Waals surface area contributed by atoms with Crippen molar-refractivity contribution in [2.24, 2.45) is 5.84 Å². The van der Waals surface area contributed by atoms with Gasteiger partial charge in [0.05, 0.1) is 11.4 Å². The molecule has 0 bridgehead atoms. The number of hydrogen-bond donors (Lipinski definition) is 4. The van der Waals surface area contributed by atoms with Crippen molar-refractivity contribution in [1.82, 2.24) is 5.32 Å². The summed E-state index contributed by atoms with van der Waals surface area (Å²) in [5.41, 5.74) is 11.9. The molecule has 0 aliphatic heterocycles. The minimum atomic E-state index is 0.646. The first-order valence-electron chi connectivity index (χ1n) is 4.97. The van der Waals surface area contributed by atoms with E-state index in [4.69, 9.17) is 11.6 Å². The van der Waals surface area contributed by atoms with E-state index in [2.05, 4.69) is 23.7 Å². The maximum Gasteiger partial charge on any atom is 0.0716 e. The Balaban J connectivity index is 3.05. The van der Waals surface area contributed by atoms with Crippen molar-refractivity contribution in [2.75, 3.05) is 18.2 Å². The van der Waals surface area contributed by atoms with Crippen LogP contribution in [0.5, 0.6) is 0 Å². The van der Waals surface area contributed by atoms with Crippen molar-refractivity contribution in [1.29, 1.82) is 0 Å². The maximum atomic E-state index is 5.82. The van der Waals surface area contributed by atoms with Gasteiger partial charge in [-0.1, -0.05) is 19.1 Å². The molecule has 1 aromatic carbocycles. The summed E-state index contributed by atoms with van der Waals surface area (Å²) in [4.78, 5) is 0. The van der Waals surface area contributed by atoms with Gasteiger partial charge >= 0.3 is 0 Å². The van der Waals surface area contributed by atoms with Crippen molar-refractivity contribution >= 4 is 17.1 Å². The molecule has 4 heteroatoms. The van der Waals surface area contributed by atoms with Crippen molar-refractivity contribution < 1.29 is 0 Å². The third kappa shape index (κ3) is 2.63. The van der Waals surface area contributed by atoms with Crippen LogP contribution < -0.4 is 22.3 Å². The van der Waals surface area contributed by atoms with Crippen LogP contribution in [0.15, 0.2) is 24.3 Å². The molecule has 1 aromatic rings. The van der Waals surface area contributed by atoms with E-state index in [0.29, 0.717) is 5.69 Å². The van der Waals surface area contributed by atoms with Gasteiger partial charge in [-0.2, -0.15) is 0 Å². The van der Waals surface area contributed by atoms with Gasteiger partial charge in [-0.15, -0.1) is 0 Å². The summed E-state index contributed by atoms with van der Waals surface area (Å²) >= 11 is 0. The molecule has 0 aliphatic carbocycles. The average Bonchev–Trinajstić information content (AvgIpc) is 2.25. The zero-order valence-corrected chi connectivity index (χ0v) is 9.17. The number of hydrogen-bond acceptors (Lipinski definition) is 4. The number of allylic oxidation sites excluding steroid dienone is 1. The molecule has 0 aromatic heterocycles. The maximum absolute atomic E-state index is 5.82. The molecule has 0 spiro atoms. The number of benzene rings is 1. The van der Waals surface area contributed by atoms with E-state index in [1.807, 2.05) is 25.2 Å². The quantitative estimate of drug-likeness (QED) is 0.342. The van der Waals surface area contributed by atoms with E-state index in [0.717, 1.165) is 23.4 Å². The van der Waals surface area contributed by atoms with E-state index in [1.165, 1.54) is 0 Å². The van der Waals surface area contributed by atoms with Crippen LogP contribution in [-0.4, -0.2) is 7.05 Å². The fourth-order valence-electron chi connectivity index (χ4n) is 1.43. The van der Waals surface area contributed by atoms with Crippen LogP contribution in [0.3, 0.4) is 0 Å². The molecule has 6 N–H and O–H groups in total. The Kier molecular flexibility index (Phi) is 4.00. The Hall–Kier alpha value is -1.68. The Morgan fingerprint density at radius 2 is 2.20 bits per heavy atom. The molecular formula is C11H18N4. The average molecular weight is 206 g/mol. The molecule has 0 aliphatic rings. The fraction of sp³-hybridized carbons (Fsp3) is 0.273. The minimum Gasteiger partial charge on any atom is -0.397 e. The smallest absolute Gasteiger partial charge is 0.0716 e. The highest BCUT2D eigenvalue weighted by Crippen LogP contribution is 2.22. The normalized spacial score (nSPS) is 11.3. The molecule has 0 unspecified atom stereocenters. The predicted molar refractivity (Wildman–Crippen MR) is 66.0 cm³/mol. The second kappa shape index (κ2) is 5.26. The molecule has 0 radical (unpaired) electrons. The van der Waals surface area contributed by atoms with Crippen LogP contribution in [-0.2, 0) is 0 Å². The Morgan fingerprint density at radius 3 is 2.67 bits per heavy atom. The minimum absolute atomic E-state index is 0.646. The van der Waals surface area contributed by atoms with Gasteiger partial charge in [-0.3, -0.25) is 5.84 Å². The van der Waals surface area contributed by atoms with Crippen LogP contribution in [0.2, 0.25) is 0 Å². The standard InChI is InChI=1S/C11H18N4/c1-3-4-10(14-2)8-5-6-11(15-13)9(12)7-8/h4-7,14-15H,3,12-13H2,1-2H3/b10-4-. The molecule has 1 rings (SSSR count). The van der Waals surface area contributed by atoms with Crippen LogP contribution in [0.1, 0.15) is 18.9 Å². The van der Waals surface area contributed by atoms with Crippen LogP contribution in [0.4, 0.5) is 11.4 Å². The van der Waals surface area contributed by atoms with Crippen molar-refractivity contribution in [3.8, 4) is 0 Å². The van der Waals surface area contributed by atoms with Gasteiger partial charge in [-0.05, 0) is 24.1 Å². The number of rotatable bonds is 4. The second-order valence-corrected chi connectivity index (χ2v) is 3.22. The lowest BCUT2D eigenvalue weighted by Crippen LogP contribution is -2.10. The zero-order chi connectivity index (χ0) is 11.3. The molecule has 0 fully saturated rings. The first-order valence-corrected chi connectivity index (χ1v) is 4.97. The lowest BCUT2D eigenvalue weighted by molar-refractivity contribution is 1.10. The lowest BCUT2D eigenvalue weighted by Gasteiger charge is -2.10. The summed E-state index contributed by atoms with van der Waals surface area (Å²) in [5, 5.41) is 3.14. The van der Waals surface area contributed by atoms with Gasteiger partial charge in [0.1, 0.15) is 0 Å². The predicted octanol–water partition coefficient (Wildman–Crippen LogP) is 1.52. The van der Waals surface area contributed by atoms with Crippen LogP contribution in [0, 0.1) is 0 Å². The largest absolute Gasteiger partial charge is 0.397 e. The monoisotopic (exact) mass is 206 g/mol. The molecular weight excluding hydrogens is 188 g/mol. The van der Waals surface area contributed by atoms with Crippen molar-refractivity contribution in [3.05, 3.63) is 29.8 Å². The lowest BCUT2D eigenvalue weighted by atomic mass is 10.1. The second-order valence-electron chi connectivity index (χ2n) is 3.22. The molecule has 0 atom stereocenters. The Labute approximate surface area is 90.3 Å². The Morgan fingerprint density at radius 1 is 1.47 bits per heavy atom. The van der Waals surface area contributed by atoms with Crippen LogP contribution in [0.25, 0.3) is 5.70 Å². The number of nitrogens with two attached hydrogens (primary N) is 2. The third-order valence-corrected chi connectivity index (χ3v) is 2.20. The summed E-state index contributed by atoms with van der Waals surface area (Å²) in [5.74, 6) is 5.31. The number of nitrogens with one attached hydrogen (secondary N) is 2. The van der Waals surface area contributed by atoms with Gasteiger partial charge in [-0.25, -0.2) is 0 Å². The number of hydrazine groups is 1. The molecule has 0 amide bonds. The van der Waals surface area contributed by atoms with Gasteiger partial charge in [0.15, 0.2) is 0 Å². The first-order chi connectivity index (χ1) is 7.22. The van der Waals surface area contributed by atoms with E-state index in [1.54, 1.807) is 0 Å². The zero-order valence-electron chi connectivity index (χ0n) is 9.17. The fourth-order valence-corrected chi connectivity index (χ4v) is 1.43. The molecule has 82 valence electrons. The van der Waals surface area contributed by atoms with E-state index in [-0.39, 0.29) is 0 Å². The first kappa shape index (κ1) is 11.4. The Bertz CT molecular complexity index is 358. The summed E-state index contributed by atoms with van der Waals surface area (Å²) in [6, 6.07) is 5.74. The van der Waals surface area contributed by atoms with Gasteiger partial charge in [0.25, 0.3) is 0 Å². The molecule has 15 heavy (non-hydrogen) atoms. The van der Waals surface area contributed by atoms with E-state index >= 15 is 0 Å². The molecule has 0 heterocycles. The summed E-state index contributed by atoms with van der Waals surface area (Å²) in [6.45, 7) is 2.09. The van der Waals surface area contributed by atoms with E-state index in [9.17, 15) is 0 Å². The molecule has 0 saturated carbocycles. The highest BCUT2D eigenvalue weighted by atomic mass is 15.2. The highest BCUT2D eigenvalue weighted by Gasteiger charge is 2.02. The number of anilines is 2. The van der Waals surface area contributed by atoms with Gasteiger partial charge in [0.2, 0.25) is 0 Å². The third-order valence-electron chi connectivity index (χ3n) is 2.20. The van der Waals surface area contributed by atoms with Gasteiger partial charge in [0, 0.05) is 12.7 Å². The van der Waals surface area contributed by atoms with Crippen LogP contribution >= 0.6 is 0 Å². The topological polar surface area (TPSA) is 76.1 Å². The van der Waals surface area contributed by atoms with Crippen molar-refractivity contribution in [3.63, 3.8) is 0 Å². The highest BCUT2D eigenvalue weighted by molar-refractivity contribution is 5.74. The number of nitrogen functional groups attached to an aromatic ring is 2. The molecule has 0 saturated heterocycles. The van der Waals surface area contributed by atoms with Crippen molar-refractivity contribution in [2.45, 2.75) is 13.3 Å². The van der Waals surface area contributed by atoms with E-state index < -0.39 is 0 Å². The summed E-state index contributed by atoms with van der Waals surface area (Å²) < 4.78 is 0. The SMILES string of the molecule is CC/C=C(\NC)c1ccc(NN)c(N)c1.